The van der Waals surface area contributed by atoms with Gasteiger partial charge in [0, 0.05) is 31.4 Å². The number of hydrogen-bond donors (Lipinski definition) is 4. The van der Waals surface area contributed by atoms with Crippen LogP contribution in [0.4, 0.5) is 23.0 Å². The zero-order valence-corrected chi connectivity index (χ0v) is 24.9. The third kappa shape index (κ3) is 7.94. The number of esters is 1. The molecule has 44 heavy (non-hydrogen) atoms. The van der Waals surface area contributed by atoms with Crippen LogP contribution in [0, 0.1) is 0 Å². The number of aliphatic imine (C=N–C) groups is 1. The minimum absolute atomic E-state index is 0.143. The second-order valence-electron chi connectivity index (χ2n) is 9.57. The molecule has 0 bridgehead atoms. The van der Waals surface area contributed by atoms with E-state index in [0.717, 1.165) is 4.70 Å². The number of likely N-dealkylation sites (tertiary alicyclic amines) is 1. The molecule has 0 unspecified atom stereocenters. The highest BCUT2D eigenvalue weighted by Gasteiger charge is 2.46. The largest absolute Gasteiger partial charge is 0.495 e. The summed E-state index contributed by atoms with van der Waals surface area (Å²) < 4.78 is 42.9. The van der Waals surface area contributed by atoms with Crippen molar-refractivity contribution < 1.29 is 51.7 Å². The quantitative estimate of drug-likeness (QED) is 0.316. The number of rotatable bonds is 8. The van der Waals surface area contributed by atoms with Gasteiger partial charge >= 0.3 is 24.1 Å². The van der Waals surface area contributed by atoms with E-state index < -0.39 is 23.7 Å². The molecule has 1 aromatic heterocycles. The average molecular weight is 644 g/mol. The lowest BCUT2D eigenvalue weighted by atomic mass is 9.87. The maximum atomic E-state index is 13.8. The number of amidine groups is 1. The lowest BCUT2D eigenvalue weighted by Crippen LogP contribution is -2.50. The first kappa shape index (κ1) is 34.1. The van der Waals surface area contributed by atoms with E-state index in [0.29, 0.717) is 73.0 Å². The van der Waals surface area contributed by atoms with E-state index in [-0.39, 0.29) is 24.2 Å². The fraction of sp³-hybridized carbons (Fsp3) is 0.481. The van der Waals surface area contributed by atoms with Gasteiger partial charge in [-0.25, -0.2) is 9.59 Å². The number of carboxylic acid groups (broad SMARTS) is 1. The number of hydrogen-bond acceptors (Lipinski definition) is 9. The standard InChI is InChI=1S/C25H31N5O6S.C2HF3O2/c1-4-26-24(34)28-21-19(15-7-6-8-16(35-3)20(15)37-21)22(32)30-13-11-25(12-14-30)23(33)27-17(29-25)9-10-18(31)36-5-2;3-2(4,5)1(6)7/h6-8H,4-5,9-14H2,1-3H3,(H2,26,28,34)(H,27,29,33);(H,6,7). The number of halogens is 3. The molecule has 1 spiro atoms. The monoisotopic (exact) mass is 643 g/mol. The fourth-order valence-electron chi connectivity index (χ4n) is 4.60. The molecule has 4 N–H and O–H groups in total. The molecule has 1 aromatic carbocycles. The lowest BCUT2D eigenvalue weighted by molar-refractivity contribution is -0.192. The number of aliphatic carboxylic acids is 1. The van der Waals surface area contributed by atoms with Crippen LogP contribution in [0.3, 0.4) is 0 Å². The normalized spacial score (nSPS) is 15.5. The Morgan fingerprint density at radius 1 is 1.18 bits per heavy atom. The SMILES string of the molecule is CCNC(=O)Nc1sc2c(OC)cccc2c1C(=O)N1CCC2(CC1)N=C(CCC(=O)OCC)NC2=O.O=C(O)C(F)(F)F. The van der Waals surface area contributed by atoms with Gasteiger partial charge in [0.25, 0.3) is 11.8 Å². The van der Waals surface area contributed by atoms with Gasteiger partial charge in [0.2, 0.25) is 0 Å². The van der Waals surface area contributed by atoms with Crippen molar-refractivity contribution in [3.8, 4) is 5.75 Å². The molecule has 4 amide bonds. The van der Waals surface area contributed by atoms with Crippen molar-refractivity contribution in [2.75, 3.05) is 38.7 Å². The Bertz CT molecular complexity index is 1450. The maximum Gasteiger partial charge on any atom is 0.490 e. The number of ether oxygens (including phenoxy) is 2. The Morgan fingerprint density at radius 3 is 2.41 bits per heavy atom. The molecule has 0 radical (unpaired) electrons. The number of nitrogens with one attached hydrogen (secondary N) is 3. The summed E-state index contributed by atoms with van der Waals surface area (Å²) in [5.74, 6) is -2.44. The Hall–Kier alpha value is -4.41. The number of benzene rings is 1. The molecule has 17 heteroatoms. The van der Waals surface area contributed by atoms with Crippen LogP contribution in [0.25, 0.3) is 10.1 Å². The molecule has 1 saturated heterocycles. The van der Waals surface area contributed by atoms with Crippen LogP contribution in [0.1, 0.15) is 49.9 Å². The summed E-state index contributed by atoms with van der Waals surface area (Å²) >= 11 is 1.28. The molecular formula is C27H32F3N5O8S. The van der Waals surface area contributed by atoms with Gasteiger partial charge in [-0.05, 0) is 32.8 Å². The van der Waals surface area contributed by atoms with E-state index in [2.05, 4.69) is 20.9 Å². The number of piperidine rings is 1. The van der Waals surface area contributed by atoms with E-state index in [1.165, 1.54) is 11.3 Å². The number of urea groups is 1. The van der Waals surface area contributed by atoms with Crippen LogP contribution < -0.4 is 20.7 Å². The van der Waals surface area contributed by atoms with Crippen molar-refractivity contribution in [2.24, 2.45) is 4.99 Å². The van der Waals surface area contributed by atoms with Crippen molar-refractivity contribution in [2.45, 2.75) is 51.2 Å². The number of amides is 4. The minimum Gasteiger partial charge on any atom is -0.495 e. The van der Waals surface area contributed by atoms with E-state index in [9.17, 15) is 32.3 Å². The van der Waals surface area contributed by atoms with Gasteiger partial charge in [-0.15, -0.1) is 11.3 Å². The number of thiophene rings is 1. The highest BCUT2D eigenvalue weighted by atomic mass is 32.1. The predicted molar refractivity (Wildman–Crippen MR) is 154 cm³/mol. The summed E-state index contributed by atoms with van der Waals surface area (Å²) in [5, 5.41) is 16.6. The highest BCUT2D eigenvalue weighted by Crippen LogP contribution is 2.42. The van der Waals surface area contributed by atoms with E-state index >= 15 is 0 Å². The molecule has 2 aromatic rings. The molecule has 2 aliphatic rings. The van der Waals surface area contributed by atoms with Crippen LogP contribution in [-0.2, 0) is 19.1 Å². The smallest absolute Gasteiger partial charge is 0.490 e. The number of methoxy groups -OCH3 is 1. The Balaban J connectivity index is 0.000000676. The number of carbonyl (C=O) groups excluding carboxylic acids is 4. The van der Waals surface area contributed by atoms with Crippen molar-refractivity contribution in [1.82, 2.24) is 15.5 Å². The Labute approximate surface area is 253 Å². The average Bonchev–Trinajstić information content (AvgIpc) is 3.48. The number of alkyl halides is 3. The molecular weight excluding hydrogens is 611 g/mol. The predicted octanol–water partition coefficient (Wildman–Crippen LogP) is 3.53. The van der Waals surface area contributed by atoms with Crippen LogP contribution in [0.15, 0.2) is 23.2 Å². The highest BCUT2D eigenvalue weighted by molar-refractivity contribution is 7.23. The third-order valence-corrected chi connectivity index (χ3v) is 7.83. The first-order valence-electron chi connectivity index (χ1n) is 13.6. The molecule has 1 fully saturated rings. The summed E-state index contributed by atoms with van der Waals surface area (Å²) in [6.45, 7) is 4.95. The summed E-state index contributed by atoms with van der Waals surface area (Å²) in [6, 6.07) is 5.05. The molecule has 3 heterocycles. The molecule has 0 saturated carbocycles. The second kappa shape index (κ2) is 14.4. The zero-order valence-electron chi connectivity index (χ0n) is 24.1. The van der Waals surface area contributed by atoms with Gasteiger partial charge < -0.3 is 30.1 Å². The third-order valence-electron chi connectivity index (χ3n) is 6.70. The fourth-order valence-corrected chi connectivity index (χ4v) is 5.77. The van der Waals surface area contributed by atoms with Gasteiger partial charge in [-0.1, -0.05) is 12.1 Å². The van der Waals surface area contributed by atoms with Crippen molar-refractivity contribution in [1.29, 1.82) is 0 Å². The number of fused-ring (bicyclic) bond motifs is 1. The van der Waals surface area contributed by atoms with Crippen LogP contribution in [0.5, 0.6) is 5.75 Å². The molecule has 240 valence electrons. The number of carbonyl (C=O) groups is 5. The van der Waals surface area contributed by atoms with Crippen molar-refractivity contribution in [3.05, 3.63) is 23.8 Å². The lowest BCUT2D eigenvalue weighted by Gasteiger charge is -2.35. The van der Waals surface area contributed by atoms with Crippen LogP contribution >= 0.6 is 11.3 Å². The van der Waals surface area contributed by atoms with Gasteiger partial charge in [0.05, 0.1) is 30.4 Å². The van der Waals surface area contributed by atoms with Crippen molar-refractivity contribution in [3.63, 3.8) is 0 Å². The topological polar surface area (TPSA) is 176 Å². The molecule has 0 atom stereocenters. The number of anilines is 1. The summed E-state index contributed by atoms with van der Waals surface area (Å²) in [5.41, 5.74) is -0.543. The summed E-state index contributed by atoms with van der Waals surface area (Å²) in [6.07, 6.45) is -3.92. The van der Waals surface area contributed by atoms with E-state index in [1.807, 2.05) is 19.1 Å². The van der Waals surface area contributed by atoms with Gasteiger partial charge in [0.15, 0.2) is 0 Å². The number of carboxylic acids is 1. The molecule has 13 nitrogen and oxygen atoms in total. The summed E-state index contributed by atoms with van der Waals surface area (Å²) in [4.78, 5) is 65.8. The minimum atomic E-state index is -5.08. The molecule has 4 rings (SSSR count). The first-order chi connectivity index (χ1) is 20.8. The Kier molecular flexibility index (Phi) is 11.1. The van der Waals surface area contributed by atoms with Gasteiger partial charge in [0.1, 0.15) is 22.1 Å². The van der Waals surface area contributed by atoms with E-state index in [1.54, 1.807) is 25.0 Å². The Morgan fingerprint density at radius 2 is 1.84 bits per heavy atom. The van der Waals surface area contributed by atoms with Gasteiger partial charge in [-0.2, -0.15) is 13.2 Å². The zero-order chi connectivity index (χ0) is 32.7. The van der Waals surface area contributed by atoms with Crippen molar-refractivity contribution >= 4 is 62.0 Å². The van der Waals surface area contributed by atoms with Crippen LogP contribution in [0.2, 0.25) is 0 Å². The molecule has 2 aliphatic heterocycles. The molecule has 0 aliphatic carbocycles. The second-order valence-corrected chi connectivity index (χ2v) is 10.6. The number of nitrogens with zero attached hydrogens (tertiary/aromatic N) is 2. The summed E-state index contributed by atoms with van der Waals surface area (Å²) in [7, 11) is 1.56. The van der Waals surface area contributed by atoms with Crippen LogP contribution in [-0.4, -0.2) is 90.7 Å². The van der Waals surface area contributed by atoms with E-state index in [4.69, 9.17) is 19.4 Å². The van der Waals surface area contributed by atoms with Gasteiger partial charge in [-0.3, -0.25) is 24.7 Å². The maximum absolute atomic E-state index is 13.8. The first-order valence-corrected chi connectivity index (χ1v) is 14.4.